The van der Waals surface area contributed by atoms with Gasteiger partial charge in [-0.15, -0.1) is 5.12 Å². The molecule has 2 N–H and O–H groups in total. The van der Waals surface area contributed by atoms with Crippen molar-refractivity contribution < 1.29 is 9.28 Å². The second-order valence-electron chi connectivity index (χ2n) is 6.78. The van der Waals surface area contributed by atoms with Gasteiger partial charge in [-0.25, -0.2) is 0 Å². The van der Waals surface area contributed by atoms with E-state index in [2.05, 4.69) is 25.8 Å². The number of halogens is 1. The summed E-state index contributed by atoms with van der Waals surface area (Å²) >= 11 is 0. The number of benzene rings is 2. The number of amides is 1. The monoisotopic (exact) mass is 414 g/mol. The van der Waals surface area contributed by atoms with Crippen LogP contribution in [0.2, 0.25) is 0 Å². The predicted octanol–water partition coefficient (Wildman–Crippen LogP) is 5.20. The Kier molecular flexibility index (Phi) is 5.79. The molecule has 0 atom stereocenters. The van der Waals surface area contributed by atoms with Crippen molar-refractivity contribution in [2.75, 3.05) is 15.8 Å². The Labute approximate surface area is 178 Å². The molecular formula is C23H19FN6O. The van der Waals surface area contributed by atoms with E-state index in [9.17, 15) is 9.28 Å². The van der Waals surface area contributed by atoms with E-state index in [1.807, 2.05) is 19.1 Å². The number of anilines is 5. The fourth-order valence-corrected chi connectivity index (χ4v) is 2.95. The number of aromatic nitrogens is 3. The lowest BCUT2D eigenvalue weighted by Crippen LogP contribution is -2.21. The Hall–Kier alpha value is -4.33. The average molecular weight is 414 g/mol. The van der Waals surface area contributed by atoms with Crippen molar-refractivity contribution in [2.45, 2.75) is 6.92 Å². The Bertz CT molecular complexity index is 1180. The van der Waals surface area contributed by atoms with Crippen molar-refractivity contribution in [2.24, 2.45) is 0 Å². The molecule has 4 rings (SSSR count). The van der Waals surface area contributed by atoms with Crippen LogP contribution in [0.5, 0.6) is 0 Å². The summed E-state index contributed by atoms with van der Waals surface area (Å²) in [6.45, 7) is 1.90. The van der Waals surface area contributed by atoms with Crippen LogP contribution in [0.25, 0.3) is 0 Å². The quantitative estimate of drug-likeness (QED) is 0.422. The molecule has 0 radical (unpaired) electrons. The number of aryl methyl sites for hydroxylation is 1. The van der Waals surface area contributed by atoms with E-state index < -0.39 is 5.91 Å². The van der Waals surface area contributed by atoms with Crippen LogP contribution < -0.4 is 15.8 Å². The van der Waals surface area contributed by atoms with E-state index in [0.29, 0.717) is 11.4 Å². The number of hydrogen-bond donors (Lipinski definition) is 2. The molecule has 2 heterocycles. The van der Waals surface area contributed by atoms with Crippen LogP contribution in [0.3, 0.4) is 0 Å². The number of carbonyl (C=O) groups is 1. The summed E-state index contributed by atoms with van der Waals surface area (Å²) in [4.78, 5) is 16.8. The summed E-state index contributed by atoms with van der Waals surface area (Å²) in [5, 5.41) is 13.9. The van der Waals surface area contributed by atoms with Gasteiger partial charge in [-0.05, 0) is 67.6 Å². The molecule has 7 nitrogen and oxygen atoms in total. The minimum atomic E-state index is -0.756. The molecule has 0 bridgehead atoms. The molecule has 4 aromatic rings. The summed E-state index contributed by atoms with van der Waals surface area (Å²) < 4.78 is 14.8. The van der Waals surface area contributed by atoms with E-state index in [0.717, 1.165) is 17.1 Å². The fourth-order valence-electron chi connectivity index (χ4n) is 2.95. The average Bonchev–Trinajstić information content (AvgIpc) is 2.79. The van der Waals surface area contributed by atoms with E-state index >= 15 is 0 Å². The van der Waals surface area contributed by atoms with Crippen LogP contribution in [-0.2, 0) is 0 Å². The lowest BCUT2D eigenvalue weighted by molar-refractivity contribution is 0.0931. The highest BCUT2D eigenvalue weighted by Crippen LogP contribution is 2.25. The molecule has 0 spiro atoms. The van der Waals surface area contributed by atoms with Crippen molar-refractivity contribution in [3.63, 3.8) is 0 Å². The van der Waals surface area contributed by atoms with E-state index in [-0.39, 0.29) is 16.4 Å². The largest absolute Gasteiger partial charge is 0.355 e. The molecule has 0 aliphatic rings. The minimum Gasteiger partial charge on any atom is -0.355 e. The Morgan fingerprint density at radius 3 is 2.32 bits per heavy atom. The first-order valence-corrected chi connectivity index (χ1v) is 9.52. The van der Waals surface area contributed by atoms with Gasteiger partial charge >= 0.3 is 0 Å². The normalized spacial score (nSPS) is 10.4. The van der Waals surface area contributed by atoms with Gasteiger partial charge in [0.05, 0.1) is 23.8 Å². The zero-order chi connectivity index (χ0) is 21.6. The standard InChI is InChI=1S/C23H19FN6O/c1-16-13-20(9-11-25-16)28-18-7-5-17(6-8-18)23(31)30(24)22-4-2-3-19(14-22)29-21-10-12-26-27-15-21/h2-15H,1H3,(H,25,28)(H,26,29). The number of rotatable bonds is 6. The third-order valence-electron chi connectivity index (χ3n) is 4.44. The first kappa shape index (κ1) is 20.0. The van der Waals surface area contributed by atoms with Crippen molar-refractivity contribution >= 4 is 34.3 Å². The molecule has 8 heteroatoms. The topological polar surface area (TPSA) is 83.0 Å². The number of hydrogen-bond acceptors (Lipinski definition) is 6. The molecule has 0 fully saturated rings. The Morgan fingerprint density at radius 1 is 0.839 bits per heavy atom. The number of carbonyl (C=O) groups excluding carboxylic acids is 1. The van der Waals surface area contributed by atoms with Crippen LogP contribution in [0.15, 0.2) is 85.3 Å². The first-order valence-electron chi connectivity index (χ1n) is 9.52. The van der Waals surface area contributed by atoms with E-state index in [1.165, 1.54) is 6.07 Å². The van der Waals surface area contributed by atoms with Gasteiger partial charge in [-0.1, -0.05) is 10.5 Å². The number of nitrogens with zero attached hydrogens (tertiary/aromatic N) is 4. The molecule has 154 valence electrons. The highest BCUT2D eigenvalue weighted by Gasteiger charge is 2.18. The van der Waals surface area contributed by atoms with Crippen LogP contribution in [-0.4, -0.2) is 21.1 Å². The molecule has 31 heavy (non-hydrogen) atoms. The van der Waals surface area contributed by atoms with E-state index in [4.69, 9.17) is 0 Å². The fraction of sp³-hybridized carbons (Fsp3) is 0.0435. The van der Waals surface area contributed by atoms with Gasteiger partial charge in [0.15, 0.2) is 0 Å². The third-order valence-corrected chi connectivity index (χ3v) is 4.44. The minimum absolute atomic E-state index is 0.117. The van der Waals surface area contributed by atoms with Crippen molar-refractivity contribution in [3.8, 4) is 0 Å². The summed E-state index contributed by atoms with van der Waals surface area (Å²) in [6, 6.07) is 18.6. The zero-order valence-electron chi connectivity index (χ0n) is 16.7. The zero-order valence-corrected chi connectivity index (χ0v) is 16.7. The lowest BCUT2D eigenvalue weighted by Gasteiger charge is -2.14. The lowest BCUT2D eigenvalue weighted by atomic mass is 10.1. The van der Waals surface area contributed by atoms with Gasteiger partial charge in [-0.3, -0.25) is 9.78 Å². The van der Waals surface area contributed by atoms with Gasteiger partial charge in [0.1, 0.15) is 0 Å². The molecule has 0 aliphatic carbocycles. The van der Waals surface area contributed by atoms with Gasteiger partial charge < -0.3 is 10.6 Å². The second-order valence-corrected chi connectivity index (χ2v) is 6.78. The highest BCUT2D eigenvalue weighted by atomic mass is 19.2. The van der Waals surface area contributed by atoms with Gasteiger partial charge in [0.2, 0.25) is 0 Å². The molecule has 1 amide bonds. The van der Waals surface area contributed by atoms with E-state index in [1.54, 1.807) is 67.1 Å². The molecule has 2 aromatic heterocycles. The number of nitrogens with one attached hydrogen (secondary N) is 2. The van der Waals surface area contributed by atoms with Gasteiger partial charge in [0, 0.05) is 34.5 Å². The molecule has 0 saturated heterocycles. The maximum absolute atomic E-state index is 14.8. The Morgan fingerprint density at radius 2 is 1.58 bits per heavy atom. The number of pyridine rings is 1. The van der Waals surface area contributed by atoms with Gasteiger partial charge in [-0.2, -0.15) is 10.2 Å². The third kappa shape index (κ3) is 4.99. The summed E-state index contributed by atoms with van der Waals surface area (Å²) in [5.74, 6) is -0.756. The van der Waals surface area contributed by atoms with Crippen molar-refractivity contribution in [3.05, 3.63) is 96.6 Å². The van der Waals surface area contributed by atoms with Crippen LogP contribution in [0.4, 0.5) is 32.9 Å². The molecule has 2 aromatic carbocycles. The maximum atomic E-state index is 14.8. The van der Waals surface area contributed by atoms with Crippen LogP contribution >= 0.6 is 0 Å². The van der Waals surface area contributed by atoms with Crippen LogP contribution in [0, 0.1) is 6.92 Å². The summed E-state index contributed by atoms with van der Waals surface area (Å²) in [7, 11) is 0. The molecule has 0 aliphatic heterocycles. The second kappa shape index (κ2) is 9.00. The molecule has 0 saturated carbocycles. The summed E-state index contributed by atoms with van der Waals surface area (Å²) in [5.41, 5.74) is 4.23. The SMILES string of the molecule is Cc1cc(Nc2ccc(C(=O)N(F)c3cccc(Nc4ccnnc4)c3)cc2)ccn1. The van der Waals surface area contributed by atoms with Crippen molar-refractivity contribution in [1.82, 2.24) is 15.2 Å². The van der Waals surface area contributed by atoms with Gasteiger partial charge in [0.25, 0.3) is 5.91 Å². The predicted molar refractivity (Wildman–Crippen MR) is 118 cm³/mol. The smallest absolute Gasteiger partial charge is 0.286 e. The highest BCUT2D eigenvalue weighted by molar-refractivity contribution is 6.05. The molecule has 0 unspecified atom stereocenters. The van der Waals surface area contributed by atoms with Crippen LogP contribution in [0.1, 0.15) is 16.1 Å². The molecular weight excluding hydrogens is 395 g/mol. The maximum Gasteiger partial charge on any atom is 0.286 e. The first-order chi connectivity index (χ1) is 15.1. The Balaban J connectivity index is 1.46. The summed E-state index contributed by atoms with van der Waals surface area (Å²) in [6.07, 6.45) is 4.81. The van der Waals surface area contributed by atoms with Crippen molar-refractivity contribution in [1.29, 1.82) is 0 Å².